The number of alkyl halides is 4. The van der Waals surface area contributed by atoms with Crippen LogP contribution in [0.15, 0.2) is 63.5 Å². The highest BCUT2D eigenvalue weighted by Gasteiger charge is 2.67. The van der Waals surface area contributed by atoms with Crippen LogP contribution in [-0.4, -0.2) is 96.1 Å². The van der Waals surface area contributed by atoms with Crippen LogP contribution in [0, 0.1) is 17.6 Å². The van der Waals surface area contributed by atoms with Crippen LogP contribution in [0.4, 0.5) is 26.3 Å². The highest BCUT2D eigenvalue weighted by atomic mass is 32.2. The summed E-state index contributed by atoms with van der Waals surface area (Å²) in [5, 5.41) is 10.7. The number of likely N-dealkylation sites (N-methyl/N-ethyl adjacent to an activating group) is 1. The van der Waals surface area contributed by atoms with Crippen LogP contribution < -0.4 is 10.7 Å². The fourth-order valence-electron chi connectivity index (χ4n) is 7.97. The lowest BCUT2D eigenvalue weighted by Gasteiger charge is -2.34. The minimum Gasteiger partial charge on any atom is -0.346 e. The summed E-state index contributed by atoms with van der Waals surface area (Å²) >= 11 is 0. The molecule has 286 valence electrons. The number of dihydropyridines is 1. The number of amides is 1. The van der Waals surface area contributed by atoms with Crippen molar-refractivity contribution in [2.75, 3.05) is 33.2 Å². The number of aromatic nitrogens is 2. The van der Waals surface area contributed by atoms with Gasteiger partial charge < -0.3 is 10.2 Å². The molecule has 2 N–H and O–H groups in total. The van der Waals surface area contributed by atoms with Crippen LogP contribution in [0.3, 0.4) is 0 Å². The Morgan fingerprint density at radius 3 is 2.41 bits per heavy atom. The molecule has 3 aliphatic heterocycles. The molecule has 0 radical (unpaired) electrons. The number of sulfonamides is 1. The molecular formula is C36H36F6N8O3S. The molecule has 3 aromatic rings. The van der Waals surface area contributed by atoms with Gasteiger partial charge in [-0.15, -0.1) is 0 Å². The van der Waals surface area contributed by atoms with E-state index in [9.17, 15) is 30.8 Å². The summed E-state index contributed by atoms with van der Waals surface area (Å²) in [4.78, 5) is 20.8. The van der Waals surface area contributed by atoms with Crippen molar-refractivity contribution < 1.29 is 39.6 Å². The molecule has 8 rings (SSSR count). The molecule has 5 atom stereocenters. The van der Waals surface area contributed by atoms with Crippen LogP contribution in [0.25, 0.3) is 5.57 Å². The quantitative estimate of drug-likeness (QED) is 0.298. The van der Waals surface area contributed by atoms with E-state index in [2.05, 4.69) is 20.9 Å². The van der Waals surface area contributed by atoms with Crippen LogP contribution in [-0.2, 0) is 33.7 Å². The number of piperazine rings is 1. The number of nitrogens with one attached hydrogen (secondary N) is 2. The van der Waals surface area contributed by atoms with E-state index in [1.54, 1.807) is 18.3 Å². The van der Waals surface area contributed by atoms with Gasteiger partial charge in [-0.3, -0.25) is 19.9 Å². The Morgan fingerprint density at radius 2 is 1.74 bits per heavy atom. The predicted octanol–water partition coefficient (Wildman–Crippen LogP) is 4.23. The third-order valence-corrected chi connectivity index (χ3v) is 12.8. The second-order valence-corrected chi connectivity index (χ2v) is 16.6. The number of hydrogen-bond acceptors (Lipinski definition) is 8. The average molecular weight is 775 g/mol. The van der Waals surface area contributed by atoms with Crippen LogP contribution >= 0.6 is 0 Å². The first-order chi connectivity index (χ1) is 25.5. The number of benzene rings is 2. The molecule has 11 nitrogen and oxygen atoms in total. The number of rotatable bonds is 10. The van der Waals surface area contributed by atoms with Crippen molar-refractivity contribution in [1.82, 2.24) is 29.7 Å². The molecule has 1 aromatic heterocycles. The number of carbonyl (C=O) groups excluding carboxylic acids is 1. The second kappa shape index (κ2) is 13.0. The van der Waals surface area contributed by atoms with Gasteiger partial charge in [-0.25, -0.2) is 26.0 Å². The molecule has 4 heterocycles. The maximum absolute atomic E-state index is 15.3. The molecule has 1 amide bonds. The Labute approximate surface area is 306 Å². The first kappa shape index (κ1) is 36.4. The molecule has 2 aromatic carbocycles. The molecular weight excluding hydrogens is 739 g/mol. The van der Waals surface area contributed by atoms with Gasteiger partial charge in [0.1, 0.15) is 35.6 Å². The van der Waals surface area contributed by atoms with Gasteiger partial charge in [0.05, 0.1) is 28.4 Å². The number of hydrogen-bond donors (Lipinski definition) is 2. The summed E-state index contributed by atoms with van der Waals surface area (Å²) in [7, 11) is -1.90. The third-order valence-electron chi connectivity index (χ3n) is 10.9. The van der Waals surface area contributed by atoms with Crippen molar-refractivity contribution in [2.45, 2.75) is 67.1 Å². The van der Waals surface area contributed by atoms with E-state index in [-0.39, 0.29) is 34.6 Å². The van der Waals surface area contributed by atoms with Crippen molar-refractivity contribution in [3.8, 4) is 0 Å². The Kier molecular flexibility index (Phi) is 8.80. The van der Waals surface area contributed by atoms with Crippen molar-refractivity contribution >= 4 is 33.4 Å². The molecule has 18 heteroatoms. The average Bonchev–Trinajstić information content (AvgIpc) is 3.60. The standard InChI is InChI=1S/C36H36F6N8O3S/c1-35-16-25(20-3-5-23(6-4-20)54(52,53)49-9-7-48(2)8-10-49)31(45-28(35)17-43-47-35)27(13-19-11-21(37)14-22(38)12-19)44-29(51)18-50-33-30(32(46-50)34(39)40)24-15-26(24)36(33,41)42/h3-6,11-12,14,16-17,24,26-28,34,47H,7-10,13,15,18H2,1-2H3,(H,44,51)/t24-,26+,27-,28?,35?/m0/s1. The van der Waals surface area contributed by atoms with Crippen molar-refractivity contribution in [2.24, 2.45) is 16.0 Å². The first-order valence-corrected chi connectivity index (χ1v) is 18.9. The zero-order valence-electron chi connectivity index (χ0n) is 29.1. The molecule has 0 spiro atoms. The third kappa shape index (κ3) is 6.30. The number of nitrogens with zero attached hydrogens (tertiary/aromatic N) is 6. The van der Waals surface area contributed by atoms with Crippen LogP contribution in [0.1, 0.15) is 53.8 Å². The number of halogens is 6. The normalized spacial score (nSPS) is 26.4. The Morgan fingerprint density at radius 1 is 1.06 bits per heavy atom. The number of aliphatic imine (C=N–C) groups is 1. The summed E-state index contributed by atoms with van der Waals surface area (Å²) < 4.78 is 116. The molecule has 1 saturated carbocycles. The Bertz CT molecular complexity index is 2200. The monoisotopic (exact) mass is 774 g/mol. The molecule has 54 heavy (non-hydrogen) atoms. The SMILES string of the molecule is CN1CCN(S(=O)(=O)c2ccc(C3=CC4(C)NN=CC4N=C3[C@H](Cc3cc(F)cc(F)c3)NC(=O)Cn3nc(C(F)F)c4c3C(F)(F)[C@@H]3C[C@H]43)cc2)CC1. The molecule has 0 bridgehead atoms. The number of fused-ring (bicyclic) bond motifs is 4. The first-order valence-electron chi connectivity index (χ1n) is 17.5. The van der Waals surface area contributed by atoms with Gasteiger partial charge in [0.25, 0.3) is 12.3 Å². The topological polar surface area (TPSA) is 124 Å². The molecule has 5 aliphatic rings. The smallest absolute Gasteiger partial charge is 0.293 e. The van der Waals surface area contributed by atoms with E-state index in [0.29, 0.717) is 48.1 Å². The Hall–Kier alpha value is -4.55. The van der Waals surface area contributed by atoms with E-state index >= 15 is 8.78 Å². The molecule has 2 fully saturated rings. The van der Waals surface area contributed by atoms with Gasteiger partial charge in [-0.05, 0) is 74.2 Å². The van der Waals surface area contributed by atoms with E-state index in [4.69, 9.17) is 4.99 Å². The minimum absolute atomic E-state index is 0.0554. The minimum atomic E-state index is -3.81. The van der Waals surface area contributed by atoms with Crippen molar-refractivity contribution in [3.63, 3.8) is 0 Å². The summed E-state index contributed by atoms with van der Waals surface area (Å²) in [6.45, 7) is 2.82. The van der Waals surface area contributed by atoms with E-state index in [0.717, 1.165) is 12.1 Å². The molecule has 2 unspecified atom stereocenters. The highest BCUT2D eigenvalue weighted by Crippen LogP contribution is 2.68. The van der Waals surface area contributed by atoms with Gasteiger partial charge >= 0.3 is 0 Å². The van der Waals surface area contributed by atoms with Gasteiger partial charge in [0.15, 0.2) is 0 Å². The number of carbonyl (C=O) groups is 1. The number of hydrazone groups is 1. The van der Waals surface area contributed by atoms with Crippen LogP contribution in [0.2, 0.25) is 0 Å². The second-order valence-electron chi connectivity index (χ2n) is 14.7. The van der Waals surface area contributed by atoms with Gasteiger partial charge in [0, 0.05) is 49.3 Å². The fraction of sp³-hybridized carbons (Fsp3) is 0.444. The van der Waals surface area contributed by atoms with Crippen molar-refractivity contribution in [1.29, 1.82) is 0 Å². The molecule has 1 saturated heterocycles. The summed E-state index contributed by atoms with van der Waals surface area (Å²) in [6.07, 6.45) is 0.0633. The zero-order valence-corrected chi connectivity index (χ0v) is 29.9. The van der Waals surface area contributed by atoms with Crippen LogP contribution in [0.5, 0.6) is 0 Å². The van der Waals surface area contributed by atoms with E-state index < -0.39 is 87.3 Å². The molecule has 2 aliphatic carbocycles. The van der Waals surface area contributed by atoms with Crippen molar-refractivity contribution in [3.05, 3.63) is 88.3 Å². The largest absolute Gasteiger partial charge is 0.346 e. The summed E-state index contributed by atoms with van der Waals surface area (Å²) in [5.41, 5.74) is 1.75. The Balaban J connectivity index is 1.14. The van der Waals surface area contributed by atoms with Gasteiger partial charge in [-0.2, -0.15) is 23.3 Å². The van der Waals surface area contributed by atoms with E-state index in [1.165, 1.54) is 16.4 Å². The zero-order chi connectivity index (χ0) is 38.3. The summed E-state index contributed by atoms with van der Waals surface area (Å²) in [6, 6.07) is 7.22. The highest BCUT2D eigenvalue weighted by molar-refractivity contribution is 7.89. The fourth-order valence-corrected chi connectivity index (χ4v) is 9.40. The lowest BCUT2D eigenvalue weighted by Crippen LogP contribution is -2.51. The predicted molar refractivity (Wildman–Crippen MR) is 186 cm³/mol. The summed E-state index contributed by atoms with van der Waals surface area (Å²) in [5.74, 6) is -7.97. The van der Waals surface area contributed by atoms with E-state index in [1.807, 2.05) is 24.9 Å². The lowest BCUT2D eigenvalue weighted by atomic mass is 9.82. The van der Waals surface area contributed by atoms with Gasteiger partial charge in [-0.1, -0.05) is 12.1 Å². The maximum atomic E-state index is 15.3. The lowest BCUT2D eigenvalue weighted by molar-refractivity contribution is -0.122. The van der Waals surface area contributed by atoms with Gasteiger partial charge in [0.2, 0.25) is 15.9 Å². The maximum Gasteiger partial charge on any atom is 0.293 e.